The van der Waals surface area contributed by atoms with E-state index in [2.05, 4.69) is 5.32 Å². The maximum atomic E-state index is 12.6. The Morgan fingerprint density at radius 3 is 2.36 bits per heavy atom. The minimum absolute atomic E-state index is 0.0886. The number of nitrogens with one attached hydrogen (secondary N) is 1. The molecule has 0 atom stereocenters. The molecule has 0 saturated heterocycles. The summed E-state index contributed by atoms with van der Waals surface area (Å²) in [6.45, 7) is 0. The van der Waals surface area contributed by atoms with E-state index in [0.717, 1.165) is 50.7 Å². The molecule has 1 aromatic rings. The molecular weight excluding hydrogens is 295 g/mol. The van der Waals surface area contributed by atoms with Crippen LogP contribution in [-0.4, -0.2) is 12.2 Å². The molecule has 1 saturated carbocycles. The van der Waals surface area contributed by atoms with Gasteiger partial charge in [-0.1, -0.05) is 25.3 Å². The van der Waals surface area contributed by atoms with Gasteiger partial charge in [0.25, 0.3) is 0 Å². The zero-order chi connectivity index (χ0) is 16.0. The van der Waals surface area contributed by atoms with E-state index in [1.54, 1.807) is 0 Å². The fourth-order valence-electron chi connectivity index (χ4n) is 2.61. The van der Waals surface area contributed by atoms with Crippen molar-refractivity contribution < 1.29 is 22.7 Å². The first-order valence-corrected chi connectivity index (χ1v) is 7.60. The van der Waals surface area contributed by atoms with Crippen LogP contribution in [0, 0.1) is 0 Å². The van der Waals surface area contributed by atoms with Gasteiger partial charge in [-0.15, -0.1) is 0 Å². The SMILES string of the molecule is O=C(Nc1cccc(C(F)(F)F)c1)OC1CCCCCCC1. The summed E-state index contributed by atoms with van der Waals surface area (Å²) in [5.74, 6) is 0. The van der Waals surface area contributed by atoms with Gasteiger partial charge in [-0.25, -0.2) is 4.79 Å². The molecule has 1 aromatic carbocycles. The largest absolute Gasteiger partial charge is 0.446 e. The van der Waals surface area contributed by atoms with Crippen molar-refractivity contribution in [1.29, 1.82) is 0 Å². The Kier molecular flexibility index (Phi) is 5.69. The van der Waals surface area contributed by atoms with E-state index in [1.807, 2.05) is 0 Å². The number of carbonyl (C=O) groups excluding carboxylic acids is 1. The smallest absolute Gasteiger partial charge is 0.416 e. The third-order valence-corrected chi connectivity index (χ3v) is 3.76. The second-order valence-electron chi connectivity index (χ2n) is 5.58. The van der Waals surface area contributed by atoms with Gasteiger partial charge in [0, 0.05) is 5.69 Å². The summed E-state index contributed by atoms with van der Waals surface area (Å²) in [5, 5.41) is 2.38. The van der Waals surface area contributed by atoms with Gasteiger partial charge in [-0.05, 0) is 43.9 Å². The first kappa shape index (κ1) is 16.6. The minimum atomic E-state index is -4.43. The van der Waals surface area contributed by atoms with E-state index in [-0.39, 0.29) is 11.8 Å². The van der Waals surface area contributed by atoms with Gasteiger partial charge in [-0.3, -0.25) is 5.32 Å². The van der Waals surface area contributed by atoms with Gasteiger partial charge in [0.05, 0.1) is 5.56 Å². The highest BCUT2D eigenvalue weighted by molar-refractivity contribution is 5.84. The number of anilines is 1. The normalized spacial score (nSPS) is 17.4. The number of alkyl halides is 3. The van der Waals surface area contributed by atoms with E-state index in [0.29, 0.717) is 0 Å². The van der Waals surface area contributed by atoms with E-state index < -0.39 is 17.8 Å². The predicted octanol–water partition coefficient (Wildman–Crippen LogP) is 5.37. The molecule has 0 spiro atoms. The van der Waals surface area contributed by atoms with Crippen LogP contribution in [0.15, 0.2) is 24.3 Å². The molecular formula is C16H20F3NO2. The number of hydrogen-bond donors (Lipinski definition) is 1. The van der Waals surface area contributed by atoms with Crippen molar-refractivity contribution in [1.82, 2.24) is 0 Å². The van der Waals surface area contributed by atoms with Gasteiger partial charge in [-0.2, -0.15) is 13.2 Å². The zero-order valence-electron chi connectivity index (χ0n) is 12.3. The maximum Gasteiger partial charge on any atom is 0.416 e. The Hall–Kier alpha value is -1.72. The highest BCUT2D eigenvalue weighted by Gasteiger charge is 2.30. The van der Waals surface area contributed by atoms with E-state index in [4.69, 9.17) is 4.74 Å². The van der Waals surface area contributed by atoms with Crippen LogP contribution in [0.1, 0.15) is 50.5 Å². The minimum Gasteiger partial charge on any atom is -0.446 e. The second-order valence-corrected chi connectivity index (χ2v) is 5.58. The summed E-state index contributed by atoms with van der Waals surface area (Å²) < 4.78 is 43.2. The number of halogens is 3. The number of carbonyl (C=O) groups is 1. The molecule has 0 unspecified atom stereocenters. The molecule has 1 aliphatic carbocycles. The van der Waals surface area contributed by atoms with E-state index >= 15 is 0 Å². The van der Waals surface area contributed by atoms with Crippen LogP contribution in [0.3, 0.4) is 0 Å². The predicted molar refractivity (Wildman–Crippen MR) is 77.7 cm³/mol. The molecule has 22 heavy (non-hydrogen) atoms. The maximum absolute atomic E-state index is 12.6. The molecule has 2 rings (SSSR count). The van der Waals surface area contributed by atoms with E-state index in [9.17, 15) is 18.0 Å². The Balaban J connectivity index is 1.91. The first-order valence-electron chi connectivity index (χ1n) is 7.60. The first-order chi connectivity index (χ1) is 10.4. The van der Waals surface area contributed by atoms with Gasteiger partial charge in [0.2, 0.25) is 0 Å². The highest BCUT2D eigenvalue weighted by Crippen LogP contribution is 2.30. The Labute approximate surface area is 127 Å². The van der Waals surface area contributed by atoms with Crippen LogP contribution in [-0.2, 0) is 10.9 Å². The van der Waals surface area contributed by atoms with E-state index in [1.165, 1.54) is 18.6 Å². The molecule has 3 nitrogen and oxygen atoms in total. The van der Waals surface area contributed by atoms with Crippen molar-refractivity contribution in [3.05, 3.63) is 29.8 Å². The molecule has 0 aliphatic heterocycles. The molecule has 0 bridgehead atoms. The number of benzene rings is 1. The average molecular weight is 315 g/mol. The van der Waals surface area contributed by atoms with Crippen LogP contribution in [0.2, 0.25) is 0 Å². The standard InChI is InChI=1S/C16H20F3NO2/c17-16(18,19)12-7-6-8-13(11-12)20-15(21)22-14-9-4-2-1-3-5-10-14/h6-8,11,14H,1-5,9-10H2,(H,20,21). The quantitative estimate of drug-likeness (QED) is 0.797. The van der Waals surface area contributed by atoms with Gasteiger partial charge in [0.15, 0.2) is 0 Å². The molecule has 0 radical (unpaired) electrons. The Morgan fingerprint density at radius 2 is 1.73 bits per heavy atom. The monoisotopic (exact) mass is 315 g/mol. The third-order valence-electron chi connectivity index (χ3n) is 3.76. The molecule has 6 heteroatoms. The summed E-state index contributed by atoms with van der Waals surface area (Å²) in [5.41, 5.74) is -0.707. The Morgan fingerprint density at radius 1 is 1.09 bits per heavy atom. The molecule has 1 N–H and O–H groups in total. The highest BCUT2D eigenvalue weighted by atomic mass is 19.4. The summed E-state index contributed by atoms with van der Waals surface area (Å²) in [6, 6.07) is 4.54. The lowest BCUT2D eigenvalue weighted by atomic mass is 9.99. The third kappa shape index (κ3) is 5.24. The summed E-state index contributed by atoms with van der Waals surface area (Å²) in [6.07, 6.45) is 1.87. The van der Waals surface area contributed by atoms with Crippen LogP contribution in [0.25, 0.3) is 0 Å². The topological polar surface area (TPSA) is 38.3 Å². The lowest BCUT2D eigenvalue weighted by Gasteiger charge is -2.20. The fraction of sp³-hybridized carbons (Fsp3) is 0.562. The number of hydrogen-bond acceptors (Lipinski definition) is 2. The van der Waals surface area contributed by atoms with Crippen LogP contribution in [0.5, 0.6) is 0 Å². The van der Waals surface area contributed by atoms with Gasteiger partial charge < -0.3 is 4.74 Å². The molecule has 0 heterocycles. The lowest BCUT2D eigenvalue weighted by molar-refractivity contribution is -0.137. The summed E-state index contributed by atoms with van der Waals surface area (Å²) in [7, 11) is 0. The fourth-order valence-corrected chi connectivity index (χ4v) is 2.61. The second kappa shape index (κ2) is 7.51. The molecule has 122 valence electrons. The van der Waals surface area contributed by atoms with Gasteiger partial charge >= 0.3 is 12.3 Å². The van der Waals surface area contributed by atoms with Crippen LogP contribution >= 0.6 is 0 Å². The van der Waals surface area contributed by atoms with Gasteiger partial charge in [0.1, 0.15) is 6.10 Å². The molecule has 1 amide bonds. The Bertz CT molecular complexity index is 494. The lowest BCUT2D eigenvalue weighted by Crippen LogP contribution is -2.23. The van der Waals surface area contributed by atoms with Crippen molar-refractivity contribution >= 4 is 11.8 Å². The van der Waals surface area contributed by atoms with Crippen molar-refractivity contribution in [3.8, 4) is 0 Å². The van der Waals surface area contributed by atoms with Crippen LogP contribution in [0.4, 0.5) is 23.7 Å². The molecule has 1 aliphatic rings. The van der Waals surface area contributed by atoms with Crippen molar-refractivity contribution in [2.24, 2.45) is 0 Å². The summed E-state index contributed by atoms with van der Waals surface area (Å²) >= 11 is 0. The van der Waals surface area contributed by atoms with Crippen molar-refractivity contribution in [2.45, 2.75) is 57.2 Å². The zero-order valence-corrected chi connectivity index (χ0v) is 12.3. The average Bonchev–Trinajstić information content (AvgIpc) is 2.41. The number of amides is 1. The van der Waals surface area contributed by atoms with Crippen molar-refractivity contribution in [2.75, 3.05) is 5.32 Å². The van der Waals surface area contributed by atoms with Crippen molar-refractivity contribution in [3.63, 3.8) is 0 Å². The van der Waals surface area contributed by atoms with Crippen LogP contribution < -0.4 is 5.32 Å². The molecule has 1 fully saturated rings. The number of ether oxygens (including phenoxy) is 1. The molecule has 0 aromatic heterocycles. The summed E-state index contributed by atoms with van der Waals surface area (Å²) in [4.78, 5) is 11.8. The number of rotatable bonds is 2.